The number of likely N-dealkylation sites (N-methyl/N-ethyl adjacent to an activating group) is 1. The third-order valence-corrected chi connectivity index (χ3v) is 2.24. The lowest BCUT2D eigenvalue weighted by atomic mass is 10.1. The molecule has 1 aliphatic rings. The summed E-state index contributed by atoms with van der Waals surface area (Å²) in [4.78, 5) is 13.3. The lowest BCUT2D eigenvalue weighted by molar-refractivity contribution is 0.0501. The molecular weight excluding hydrogens is 184 g/mol. The fourth-order valence-electron chi connectivity index (χ4n) is 1.57. The highest BCUT2D eigenvalue weighted by atomic mass is 16.6. The van der Waals surface area contributed by atoms with Crippen LogP contribution in [0.1, 0.15) is 12.8 Å². The molecule has 0 aromatic rings. The van der Waals surface area contributed by atoms with Crippen LogP contribution in [0.5, 0.6) is 0 Å². The Hall–Kier alpha value is -0.810. The van der Waals surface area contributed by atoms with Gasteiger partial charge in [0.25, 0.3) is 0 Å². The predicted octanol–water partition coefficient (Wildman–Crippen LogP) is -0.201. The number of ether oxygens (including phenoxy) is 1. The van der Waals surface area contributed by atoms with E-state index in [1.165, 1.54) is 0 Å². The van der Waals surface area contributed by atoms with Crippen LogP contribution < -0.4 is 5.32 Å². The minimum atomic E-state index is -0.431. The van der Waals surface area contributed by atoms with Crippen molar-refractivity contribution >= 4 is 6.09 Å². The van der Waals surface area contributed by atoms with Crippen molar-refractivity contribution in [3.63, 3.8) is 0 Å². The fraction of sp³-hybridized carbons (Fsp3) is 0.889. The van der Waals surface area contributed by atoms with Gasteiger partial charge in [0.05, 0.1) is 6.61 Å². The van der Waals surface area contributed by atoms with Crippen LogP contribution in [0.2, 0.25) is 0 Å². The van der Waals surface area contributed by atoms with Crippen molar-refractivity contribution in [3.8, 4) is 0 Å². The zero-order valence-corrected chi connectivity index (χ0v) is 8.53. The van der Waals surface area contributed by atoms with Crippen molar-refractivity contribution in [2.24, 2.45) is 0 Å². The topological polar surface area (TPSA) is 61.8 Å². The SMILES string of the molecule is CN1CCCC(OC(=O)NCCO)C1. The third kappa shape index (κ3) is 3.93. The molecule has 5 nitrogen and oxygen atoms in total. The summed E-state index contributed by atoms with van der Waals surface area (Å²) in [7, 11) is 2.02. The van der Waals surface area contributed by atoms with Gasteiger partial charge in [-0.25, -0.2) is 4.79 Å². The monoisotopic (exact) mass is 202 g/mol. The van der Waals surface area contributed by atoms with Crippen LogP contribution >= 0.6 is 0 Å². The van der Waals surface area contributed by atoms with Crippen LogP contribution in [0.3, 0.4) is 0 Å². The highest BCUT2D eigenvalue weighted by molar-refractivity contribution is 5.67. The molecule has 0 bridgehead atoms. The molecule has 14 heavy (non-hydrogen) atoms. The quantitative estimate of drug-likeness (QED) is 0.665. The van der Waals surface area contributed by atoms with E-state index in [1.807, 2.05) is 7.05 Å². The number of hydrogen-bond donors (Lipinski definition) is 2. The molecule has 5 heteroatoms. The molecule has 1 fully saturated rings. The average Bonchev–Trinajstić information content (AvgIpc) is 2.15. The second-order valence-corrected chi connectivity index (χ2v) is 3.58. The minimum Gasteiger partial charge on any atom is -0.445 e. The van der Waals surface area contributed by atoms with Crippen LogP contribution in [0.15, 0.2) is 0 Å². The summed E-state index contributed by atoms with van der Waals surface area (Å²) in [6.45, 7) is 2.06. The molecule has 1 rings (SSSR count). The zero-order valence-electron chi connectivity index (χ0n) is 8.53. The molecule has 1 unspecified atom stereocenters. The number of carbonyl (C=O) groups excluding carboxylic acids is 1. The van der Waals surface area contributed by atoms with Gasteiger partial charge in [-0.05, 0) is 26.4 Å². The minimum absolute atomic E-state index is 0.00700. The van der Waals surface area contributed by atoms with Crippen LogP contribution in [0.25, 0.3) is 0 Å². The number of nitrogens with one attached hydrogen (secondary N) is 1. The zero-order chi connectivity index (χ0) is 10.4. The Morgan fingerprint density at radius 1 is 1.71 bits per heavy atom. The van der Waals surface area contributed by atoms with Gasteiger partial charge in [-0.15, -0.1) is 0 Å². The van der Waals surface area contributed by atoms with Crippen LogP contribution in [0.4, 0.5) is 4.79 Å². The first-order valence-electron chi connectivity index (χ1n) is 4.96. The van der Waals surface area contributed by atoms with E-state index in [9.17, 15) is 4.79 Å². The first-order chi connectivity index (χ1) is 6.72. The first-order valence-corrected chi connectivity index (χ1v) is 4.96. The van der Waals surface area contributed by atoms with E-state index in [0.29, 0.717) is 0 Å². The Morgan fingerprint density at radius 3 is 3.14 bits per heavy atom. The molecule has 1 aliphatic heterocycles. The van der Waals surface area contributed by atoms with Gasteiger partial charge >= 0.3 is 6.09 Å². The van der Waals surface area contributed by atoms with Gasteiger partial charge in [0.15, 0.2) is 0 Å². The first kappa shape index (κ1) is 11.3. The van der Waals surface area contributed by atoms with Crippen molar-refractivity contribution < 1.29 is 14.6 Å². The van der Waals surface area contributed by atoms with E-state index in [0.717, 1.165) is 25.9 Å². The van der Waals surface area contributed by atoms with Gasteiger partial charge in [-0.1, -0.05) is 0 Å². The number of aliphatic hydroxyl groups excluding tert-OH is 1. The predicted molar refractivity (Wildman–Crippen MR) is 52.1 cm³/mol. The average molecular weight is 202 g/mol. The number of nitrogens with zero attached hydrogens (tertiary/aromatic N) is 1. The van der Waals surface area contributed by atoms with Crippen LogP contribution in [-0.4, -0.2) is 55.5 Å². The van der Waals surface area contributed by atoms with E-state index >= 15 is 0 Å². The summed E-state index contributed by atoms with van der Waals surface area (Å²) < 4.78 is 5.16. The smallest absolute Gasteiger partial charge is 0.407 e. The number of amides is 1. The van der Waals surface area contributed by atoms with Crippen molar-refractivity contribution in [1.82, 2.24) is 10.2 Å². The lowest BCUT2D eigenvalue weighted by Crippen LogP contribution is -2.40. The van der Waals surface area contributed by atoms with Gasteiger partial charge < -0.3 is 20.1 Å². The van der Waals surface area contributed by atoms with Gasteiger partial charge in [0.1, 0.15) is 6.10 Å². The fourth-order valence-corrected chi connectivity index (χ4v) is 1.57. The van der Waals surface area contributed by atoms with E-state index in [2.05, 4.69) is 10.2 Å². The molecule has 1 saturated heterocycles. The number of likely N-dealkylation sites (tertiary alicyclic amines) is 1. The van der Waals surface area contributed by atoms with E-state index in [1.54, 1.807) is 0 Å². The van der Waals surface area contributed by atoms with E-state index in [4.69, 9.17) is 9.84 Å². The molecule has 82 valence electrons. The Balaban J connectivity index is 2.18. The number of rotatable bonds is 3. The Labute approximate surface area is 84.0 Å². The third-order valence-electron chi connectivity index (χ3n) is 2.24. The maximum Gasteiger partial charge on any atom is 0.407 e. The molecule has 0 aromatic heterocycles. The maximum atomic E-state index is 11.1. The summed E-state index contributed by atoms with van der Waals surface area (Å²) in [5.41, 5.74) is 0. The summed E-state index contributed by atoms with van der Waals surface area (Å²) in [5.74, 6) is 0. The normalized spacial score (nSPS) is 23.1. The number of aliphatic hydroxyl groups is 1. The van der Waals surface area contributed by atoms with Crippen LogP contribution in [0, 0.1) is 0 Å². The molecule has 0 spiro atoms. The molecular formula is C9H18N2O3. The summed E-state index contributed by atoms with van der Waals surface area (Å²) in [6.07, 6.45) is 1.55. The summed E-state index contributed by atoms with van der Waals surface area (Å²) in [6, 6.07) is 0. The molecule has 0 saturated carbocycles. The molecule has 1 heterocycles. The standard InChI is InChI=1S/C9H18N2O3/c1-11-5-2-3-8(7-11)14-9(13)10-4-6-12/h8,12H,2-7H2,1H3,(H,10,13). The Bertz CT molecular complexity index is 187. The van der Waals surface area contributed by atoms with Gasteiger partial charge in [0, 0.05) is 13.1 Å². The lowest BCUT2D eigenvalue weighted by Gasteiger charge is -2.29. The molecule has 0 aromatic carbocycles. The number of alkyl carbamates (subject to hydrolysis) is 1. The second kappa shape index (κ2) is 5.82. The molecule has 0 radical (unpaired) electrons. The van der Waals surface area contributed by atoms with Gasteiger partial charge in [0.2, 0.25) is 0 Å². The van der Waals surface area contributed by atoms with E-state index in [-0.39, 0.29) is 19.3 Å². The molecule has 1 amide bonds. The molecule has 2 N–H and O–H groups in total. The number of piperidine rings is 1. The Morgan fingerprint density at radius 2 is 2.50 bits per heavy atom. The highest BCUT2D eigenvalue weighted by Gasteiger charge is 2.20. The maximum absolute atomic E-state index is 11.1. The van der Waals surface area contributed by atoms with E-state index < -0.39 is 6.09 Å². The second-order valence-electron chi connectivity index (χ2n) is 3.58. The number of carbonyl (C=O) groups is 1. The largest absolute Gasteiger partial charge is 0.445 e. The van der Waals surface area contributed by atoms with Crippen molar-refractivity contribution in [3.05, 3.63) is 0 Å². The van der Waals surface area contributed by atoms with Gasteiger partial charge in [-0.3, -0.25) is 0 Å². The summed E-state index contributed by atoms with van der Waals surface area (Å²) in [5, 5.41) is 10.9. The Kier molecular flexibility index (Phi) is 4.69. The summed E-state index contributed by atoms with van der Waals surface area (Å²) >= 11 is 0. The molecule has 1 atom stereocenters. The molecule has 0 aliphatic carbocycles. The van der Waals surface area contributed by atoms with Crippen molar-refractivity contribution in [2.75, 3.05) is 33.3 Å². The van der Waals surface area contributed by atoms with Crippen molar-refractivity contribution in [1.29, 1.82) is 0 Å². The van der Waals surface area contributed by atoms with Gasteiger partial charge in [-0.2, -0.15) is 0 Å². The van der Waals surface area contributed by atoms with Crippen molar-refractivity contribution in [2.45, 2.75) is 18.9 Å². The van der Waals surface area contributed by atoms with Crippen LogP contribution in [-0.2, 0) is 4.74 Å². The number of hydrogen-bond acceptors (Lipinski definition) is 4. The highest BCUT2D eigenvalue weighted by Crippen LogP contribution is 2.11.